The molecule has 152 valence electrons. The van der Waals surface area contributed by atoms with Crippen molar-refractivity contribution in [1.29, 1.82) is 0 Å². The molecule has 0 radical (unpaired) electrons. The maximum absolute atomic E-state index is 13.1. The summed E-state index contributed by atoms with van der Waals surface area (Å²) in [6, 6.07) is 20.2. The van der Waals surface area contributed by atoms with Crippen molar-refractivity contribution >= 4 is 22.6 Å². The van der Waals surface area contributed by atoms with E-state index in [0.717, 1.165) is 22.8 Å². The molecule has 1 saturated carbocycles. The van der Waals surface area contributed by atoms with Crippen LogP contribution in [0, 0.1) is 11.7 Å². The highest BCUT2D eigenvalue weighted by Crippen LogP contribution is 2.48. The SMILES string of the molecule is O=C(c1ccc2ccccc2c1)N1CCN(C(=O)C2CC2c2ccc(F)cc2)CC1. The van der Waals surface area contributed by atoms with E-state index in [2.05, 4.69) is 0 Å². The van der Waals surface area contributed by atoms with Crippen molar-refractivity contribution < 1.29 is 14.0 Å². The first kappa shape index (κ1) is 18.8. The molecule has 3 aromatic rings. The van der Waals surface area contributed by atoms with E-state index in [1.807, 2.05) is 52.3 Å². The van der Waals surface area contributed by atoms with Crippen molar-refractivity contribution in [2.75, 3.05) is 26.2 Å². The Morgan fingerprint density at radius 3 is 2.20 bits per heavy atom. The van der Waals surface area contributed by atoms with Crippen LogP contribution < -0.4 is 0 Å². The lowest BCUT2D eigenvalue weighted by atomic mass is 10.1. The summed E-state index contributed by atoms with van der Waals surface area (Å²) in [6.07, 6.45) is 0.820. The number of fused-ring (bicyclic) bond motifs is 1. The first-order valence-corrected chi connectivity index (χ1v) is 10.4. The summed E-state index contributed by atoms with van der Waals surface area (Å²) in [6.45, 7) is 2.21. The number of carbonyl (C=O) groups is 2. The minimum Gasteiger partial charge on any atom is -0.339 e. The fraction of sp³-hybridized carbons (Fsp3) is 0.280. The first-order chi connectivity index (χ1) is 14.6. The minimum atomic E-state index is -0.255. The van der Waals surface area contributed by atoms with Gasteiger partial charge in [0.05, 0.1) is 0 Å². The highest BCUT2D eigenvalue weighted by molar-refractivity contribution is 5.98. The average molecular weight is 402 g/mol. The van der Waals surface area contributed by atoms with Gasteiger partial charge in [0.2, 0.25) is 5.91 Å². The van der Waals surface area contributed by atoms with E-state index in [0.29, 0.717) is 31.7 Å². The second-order valence-electron chi connectivity index (χ2n) is 8.18. The predicted molar refractivity (Wildman–Crippen MR) is 114 cm³/mol. The third-order valence-electron chi connectivity index (χ3n) is 6.28. The molecule has 1 heterocycles. The zero-order valence-electron chi connectivity index (χ0n) is 16.6. The van der Waals surface area contributed by atoms with Gasteiger partial charge in [0.25, 0.3) is 5.91 Å². The van der Waals surface area contributed by atoms with Gasteiger partial charge in [-0.15, -0.1) is 0 Å². The Kier molecular flexibility index (Phi) is 4.74. The summed E-state index contributed by atoms with van der Waals surface area (Å²) >= 11 is 0. The third kappa shape index (κ3) is 3.56. The molecule has 3 aromatic carbocycles. The molecule has 2 fully saturated rings. The molecule has 0 N–H and O–H groups in total. The Morgan fingerprint density at radius 2 is 1.47 bits per heavy atom. The molecule has 2 amide bonds. The van der Waals surface area contributed by atoms with E-state index in [1.165, 1.54) is 12.1 Å². The van der Waals surface area contributed by atoms with Gasteiger partial charge >= 0.3 is 0 Å². The van der Waals surface area contributed by atoms with Gasteiger partial charge in [-0.3, -0.25) is 9.59 Å². The summed E-state index contributed by atoms with van der Waals surface area (Å²) in [5.74, 6) is 0.0913. The Bertz CT molecular complexity index is 1100. The quantitative estimate of drug-likeness (QED) is 0.663. The van der Waals surface area contributed by atoms with Crippen LogP contribution in [-0.4, -0.2) is 47.8 Å². The van der Waals surface area contributed by atoms with Gasteiger partial charge in [-0.25, -0.2) is 4.39 Å². The molecule has 30 heavy (non-hydrogen) atoms. The van der Waals surface area contributed by atoms with Crippen LogP contribution in [0.15, 0.2) is 66.7 Å². The number of halogens is 1. The average Bonchev–Trinajstić information content (AvgIpc) is 3.59. The topological polar surface area (TPSA) is 40.6 Å². The minimum absolute atomic E-state index is 0.0156. The molecule has 2 aliphatic rings. The molecule has 0 aromatic heterocycles. The Hall–Kier alpha value is -3.21. The lowest BCUT2D eigenvalue weighted by molar-refractivity contribution is -0.134. The molecule has 0 spiro atoms. The van der Waals surface area contributed by atoms with E-state index in [1.54, 1.807) is 12.1 Å². The van der Waals surface area contributed by atoms with Gasteiger partial charge in [-0.2, -0.15) is 0 Å². The van der Waals surface area contributed by atoms with Gasteiger partial charge in [-0.1, -0.05) is 42.5 Å². The van der Waals surface area contributed by atoms with Crippen LogP contribution in [0.3, 0.4) is 0 Å². The van der Waals surface area contributed by atoms with Crippen molar-refractivity contribution in [2.24, 2.45) is 5.92 Å². The fourth-order valence-electron chi connectivity index (χ4n) is 4.42. The zero-order valence-corrected chi connectivity index (χ0v) is 16.6. The lowest BCUT2D eigenvalue weighted by Crippen LogP contribution is -2.51. The van der Waals surface area contributed by atoms with Gasteiger partial charge in [0.15, 0.2) is 0 Å². The molecule has 4 nitrogen and oxygen atoms in total. The van der Waals surface area contributed by atoms with Crippen LogP contribution in [0.4, 0.5) is 4.39 Å². The number of benzene rings is 3. The van der Waals surface area contributed by atoms with Crippen molar-refractivity contribution in [3.05, 3.63) is 83.7 Å². The van der Waals surface area contributed by atoms with Crippen molar-refractivity contribution in [1.82, 2.24) is 9.80 Å². The maximum Gasteiger partial charge on any atom is 0.253 e. The number of carbonyl (C=O) groups excluding carboxylic acids is 2. The van der Waals surface area contributed by atoms with Gasteiger partial charge in [0, 0.05) is 37.7 Å². The highest BCUT2D eigenvalue weighted by atomic mass is 19.1. The summed E-state index contributed by atoms with van der Waals surface area (Å²) < 4.78 is 13.1. The van der Waals surface area contributed by atoms with Crippen LogP contribution in [0.2, 0.25) is 0 Å². The Morgan fingerprint density at radius 1 is 0.800 bits per heavy atom. The highest BCUT2D eigenvalue weighted by Gasteiger charge is 2.46. The van der Waals surface area contributed by atoms with E-state index >= 15 is 0 Å². The molecule has 2 unspecified atom stereocenters. The summed E-state index contributed by atoms with van der Waals surface area (Å²) in [5.41, 5.74) is 1.71. The van der Waals surface area contributed by atoms with Crippen molar-refractivity contribution in [2.45, 2.75) is 12.3 Å². The number of nitrogens with zero attached hydrogens (tertiary/aromatic N) is 2. The van der Waals surface area contributed by atoms with Crippen molar-refractivity contribution in [3.8, 4) is 0 Å². The molecule has 1 saturated heterocycles. The van der Waals surface area contributed by atoms with E-state index < -0.39 is 0 Å². The predicted octanol–water partition coefficient (Wildman–Crippen LogP) is 4.07. The summed E-state index contributed by atoms with van der Waals surface area (Å²) in [5, 5.41) is 2.17. The molecule has 2 atom stereocenters. The maximum atomic E-state index is 13.1. The second-order valence-corrected chi connectivity index (χ2v) is 8.18. The number of hydrogen-bond donors (Lipinski definition) is 0. The van der Waals surface area contributed by atoms with Crippen LogP contribution in [-0.2, 0) is 4.79 Å². The standard InChI is InChI=1S/C25H23FN2O2/c26-21-9-7-18(8-10-21)22-16-23(22)25(30)28-13-11-27(12-14-28)24(29)20-6-5-17-3-1-2-4-19(17)15-20/h1-10,15,22-23H,11-14,16H2. The zero-order chi connectivity index (χ0) is 20.7. The summed E-state index contributed by atoms with van der Waals surface area (Å²) in [4.78, 5) is 29.5. The Balaban J connectivity index is 1.19. The number of amides is 2. The molecule has 5 heteroatoms. The number of hydrogen-bond acceptors (Lipinski definition) is 2. The monoisotopic (exact) mass is 402 g/mol. The molecular weight excluding hydrogens is 379 g/mol. The third-order valence-corrected chi connectivity index (χ3v) is 6.28. The van der Waals surface area contributed by atoms with Crippen LogP contribution in [0.25, 0.3) is 10.8 Å². The van der Waals surface area contributed by atoms with Gasteiger partial charge in [0.1, 0.15) is 5.82 Å². The smallest absolute Gasteiger partial charge is 0.253 e. The largest absolute Gasteiger partial charge is 0.339 e. The van der Waals surface area contributed by atoms with Crippen LogP contribution in [0.1, 0.15) is 28.3 Å². The molecule has 1 aliphatic heterocycles. The van der Waals surface area contributed by atoms with Crippen LogP contribution in [0.5, 0.6) is 0 Å². The summed E-state index contributed by atoms with van der Waals surface area (Å²) in [7, 11) is 0. The molecule has 0 bridgehead atoms. The fourth-order valence-corrected chi connectivity index (χ4v) is 4.42. The normalized spacial score (nSPS) is 21.0. The molecule has 1 aliphatic carbocycles. The van der Waals surface area contributed by atoms with E-state index in [-0.39, 0.29) is 29.5 Å². The lowest BCUT2D eigenvalue weighted by Gasteiger charge is -2.35. The second kappa shape index (κ2) is 7.56. The molecular formula is C25H23FN2O2. The van der Waals surface area contributed by atoms with Crippen LogP contribution >= 0.6 is 0 Å². The number of rotatable bonds is 3. The first-order valence-electron chi connectivity index (χ1n) is 10.4. The van der Waals surface area contributed by atoms with Gasteiger partial charge in [-0.05, 0) is 52.9 Å². The van der Waals surface area contributed by atoms with Crippen molar-refractivity contribution in [3.63, 3.8) is 0 Å². The number of piperazine rings is 1. The van der Waals surface area contributed by atoms with E-state index in [9.17, 15) is 14.0 Å². The van der Waals surface area contributed by atoms with E-state index in [4.69, 9.17) is 0 Å². The molecule has 5 rings (SSSR count). The Labute approximate surface area is 174 Å². The van der Waals surface area contributed by atoms with Gasteiger partial charge < -0.3 is 9.80 Å².